The van der Waals surface area contributed by atoms with E-state index in [0.29, 0.717) is 18.7 Å². The second-order valence-electron chi connectivity index (χ2n) is 7.35. The fourth-order valence-electron chi connectivity index (χ4n) is 3.07. The Balaban J connectivity index is 2.18. The highest BCUT2D eigenvalue weighted by Gasteiger charge is 2.29. The van der Waals surface area contributed by atoms with Crippen molar-refractivity contribution in [1.82, 2.24) is 10.2 Å². The van der Waals surface area contributed by atoms with Gasteiger partial charge in [-0.2, -0.15) is 0 Å². The van der Waals surface area contributed by atoms with E-state index < -0.39 is 6.04 Å². The number of hydrogen-bond donors (Lipinski definition) is 1. The lowest BCUT2D eigenvalue weighted by atomic mass is 10.1. The van der Waals surface area contributed by atoms with Crippen LogP contribution in [0.4, 0.5) is 0 Å². The smallest absolute Gasteiger partial charge is 0.261 e. The van der Waals surface area contributed by atoms with Gasteiger partial charge in [-0.3, -0.25) is 9.59 Å². The molecule has 0 aliphatic heterocycles. The summed E-state index contributed by atoms with van der Waals surface area (Å²) >= 11 is 0. The lowest BCUT2D eigenvalue weighted by molar-refractivity contribution is -0.143. The van der Waals surface area contributed by atoms with Gasteiger partial charge in [0.05, 0.1) is 0 Å². The molecule has 0 bridgehead atoms. The van der Waals surface area contributed by atoms with E-state index in [1.165, 1.54) is 0 Å². The van der Waals surface area contributed by atoms with E-state index in [4.69, 9.17) is 4.74 Å². The Bertz CT molecular complexity index is 792. The number of rotatable bonds is 10. The Morgan fingerprint density at radius 1 is 1.03 bits per heavy atom. The van der Waals surface area contributed by atoms with Crippen molar-refractivity contribution in [2.45, 2.75) is 59.2 Å². The number of benzene rings is 2. The molecule has 1 N–H and O–H groups in total. The van der Waals surface area contributed by atoms with Gasteiger partial charge in [-0.15, -0.1) is 0 Å². The van der Waals surface area contributed by atoms with Gasteiger partial charge in [0.15, 0.2) is 6.61 Å². The third-order valence-electron chi connectivity index (χ3n) is 4.93. The van der Waals surface area contributed by atoms with Crippen molar-refractivity contribution in [3.05, 3.63) is 65.7 Å². The second kappa shape index (κ2) is 11.2. The molecule has 0 aromatic heterocycles. The molecule has 156 valence electrons. The molecule has 5 heteroatoms. The van der Waals surface area contributed by atoms with Gasteiger partial charge < -0.3 is 15.0 Å². The predicted molar refractivity (Wildman–Crippen MR) is 116 cm³/mol. The first-order chi connectivity index (χ1) is 13.9. The summed E-state index contributed by atoms with van der Waals surface area (Å²) in [5, 5.41) is 3.01. The maximum atomic E-state index is 13.1. The number of nitrogens with zero attached hydrogens (tertiary/aromatic N) is 1. The van der Waals surface area contributed by atoms with Crippen molar-refractivity contribution < 1.29 is 14.3 Å². The predicted octanol–water partition coefficient (Wildman–Crippen LogP) is 4.10. The van der Waals surface area contributed by atoms with Crippen LogP contribution in [0.25, 0.3) is 0 Å². The quantitative estimate of drug-likeness (QED) is 0.658. The number of nitrogens with one attached hydrogen (secondary N) is 1. The van der Waals surface area contributed by atoms with E-state index in [1.807, 2.05) is 82.3 Å². The van der Waals surface area contributed by atoms with Crippen molar-refractivity contribution in [2.24, 2.45) is 0 Å². The average molecular weight is 397 g/mol. The highest BCUT2D eigenvalue weighted by atomic mass is 16.5. The summed E-state index contributed by atoms with van der Waals surface area (Å²) in [7, 11) is 0. The van der Waals surface area contributed by atoms with E-state index in [0.717, 1.165) is 17.5 Å². The maximum Gasteiger partial charge on any atom is 0.261 e. The molecule has 2 amide bonds. The van der Waals surface area contributed by atoms with Gasteiger partial charge in [0, 0.05) is 12.6 Å². The number of aryl methyl sites for hydroxylation is 1. The molecular formula is C24H32N2O3. The van der Waals surface area contributed by atoms with Gasteiger partial charge in [-0.25, -0.2) is 0 Å². The molecule has 0 saturated heterocycles. The van der Waals surface area contributed by atoms with Crippen LogP contribution in [-0.2, 0) is 16.1 Å². The van der Waals surface area contributed by atoms with Crippen molar-refractivity contribution >= 4 is 11.8 Å². The number of ether oxygens (including phenoxy) is 1. The molecule has 5 nitrogen and oxygen atoms in total. The number of amides is 2. The SMILES string of the molecule is CC[C@@H](C)NC(=O)[C@@H](CC)N(Cc1ccccc1)C(=O)COc1cccc(C)c1. The Morgan fingerprint density at radius 3 is 2.38 bits per heavy atom. The van der Waals surface area contributed by atoms with Gasteiger partial charge in [0.2, 0.25) is 5.91 Å². The summed E-state index contributed by atoms with van der Waals surface area (Å²) in [6.45, 7) is 8.15. The third-order valence-corrected chi connectivity index (χ3v) is 4.93. The van der Waals surface area contributed by atoms with E-state index >= 15 is 0 Å². The van der Waals surface area contributed by atoms with Gasteiger partial charge in [0.25, 0.3) is 5.91 Å². The molecule has 0 heterocycles. The Morgan fingerprint density at radius 2 is 1.76 bits per heavy atom. The fourth-order valence-corrected chi connectivity index (χ4v) is 3.07. The highest BCUT2D eigenvalue weighted by molar-refractivity contribution is 5.88. The lowest BCUT2D eigenvalue weighted by Crippen LogP contribution is -2.51. The molecule has 2 aromatic rings. The second-order valence-corrected chi connectivity index (χ2v) is 7.35. The molecule has 0 fully saturated rings. The minimum Gasteiger partial charge on any atom is -0.484 e. The molecule has 2 rings (SSSR count). The van der Waals surface area contributed by atoms with Crippen LogP contribution in [0.2, 0.25) is 0 Å². The molecule has 0 saturated carbocycles. The summed E-state index contributed by atoms with van der Waals surface area (Å²) in [4.78, 5) is 27.6. The van der Waals surface area contributed by atoms with Crippen molar-refractivity contribution in [1.29, 1.82) is 0 Å². The minimum atomic E-state index is -0.544. The number of carbonyl (C=O) groups is 2. The van der Waals surface area contributed by atoms with Crippen molar-refractivity contribution in [2.75, 3.05) is 6.61 Å². The summed E-state index contributed by atoms with van der Waals surface area (Å²) in [6.07, 6.45) is 1.37. The Hall–Kier alpha value is -2.82. The minimum absolute atomic E-state index is 0.0637. The first-order valence-electron chi connectivity index (χ1n) is 10.3. The van der Waals surface area contributed by atoms with Gasteiger partial charge in [-0.05, 0) is 49.9 Å². The molecule has 0 unspecified atom stereocenters. The van der Waals surface area contributed by atoms with Gasteiger partial charge >= 0.3 is 0 Å². The zero-order chi connectivity index (χ0) is 21.2. The third kappa shape index (κ3) is 6.93. The van der Waals surface area contributed by atoms with Crippen molar-refractivity contribution in [3.63, 3.8) is 0 Å². The highest BCUT2D eigenvalue weighted by Crippen LogP contribution is 2.15. The zero-order valence-corrected chi connectivity index (χ0v) is 17.9. The normalized spacial score (nSPS) is 12.7. The monoisotopic (exact) mass is 396 g/mol. The topological polar surface area (TPSA) is 58.6 Å². The number of carbonyl (C=O) groups excluding carboxylic acids is 2. The molecule has 2 aromatic carbocycles. The Labute approximate surface area is 174 Å². The Kier molecular flexibility index (Phi) is 8.71. The van der Waals surface area contributed by atoms with E-state index in [9.17, 15) is 9.59 Å². The van der Waals surface area contributed by atoms with Crippen LogP contribution in [0.3, 0.4) is 0 Å². The summed E-state index contributed by atoms with van der Waals surface area (Å²) in [5.41, 5.74) is 2.04. The average Bonchev–Trinajstić information content (AvgIpc) is 2.72. The van der Waals surface area contributed by atoms with Crippen LogP contribution in [-0.4, -0.2) is 35.4 Å². The molecule has 0 aliphatic carbocycles. The summed E-state index contributed by atoms with van der Waals surface area (Å²) in [5.74, 6) is 0.318. The lowest BCUT2D eigenvalue weighted by Gasteiger charge is -2.31. The maximum absolute atomic E-state index is 13.1. The molecule has 0 spiro atoms. The molecular weight excluding hydrogens is 364 g/mol. The van der Waals surface area contributed by atoms with Gasteiger partial charge in [0.1, 0.15) is 11.8 Å². The van der Waals surface area contributed by atoms with E-state index in [2.05, 4.69) is 5.32 Å². The van der Waals surface area contributed by atoms with Crippen LogP contribution in [0.15, 0.2) is 54.6 Å². The number of hydrogen-bond acceptors (Lipinski definition) is 3. The van der Waals surface area contributed by atoms with E-state index in [1.54, 1.807) is 4.90 Å². The zero-order valence-electron chi connectivity index (χ0n) is 17.9. The largest absolute Gasteiger partial charge is 0.484 e. The van der Waals surface area contributed by atoms with Crippen LogP contribution in [0.1, 0.15) is 44.7 Å². The summed E-state index contributed by atoms with van der Waals surface area (Å²) < 4.78 is 5.72. The van der Waals surface area contributed by atoms with Gasteiger partial charge in [-0.1, -0.05) is 56.3 Å². The van der Waals surface area contributed by atoms with Crippen molar-refractivity contribution in [3.8, 4) is 5.75 Å². The molecule has 29 heavy (non-hydrogen) atoms. The standard InChI is InChI=1S/C24H32N2O3/c1-5-19(4)25-24(28)22(6-2)26(16-20-12-8-7-9-13-20)23(27)17-29-21-14-10-11-18(3)15-21/h7-15,19,22H,5-6,16-17H2,1-4H3,(H,25,28)/t19-,22-/m1/s1. The van der Waals surface area contributed by atoms with E-state index in [-0.39, 0.29) is 24.5 Å². The van der Waals surface area contributed by atoms with Crippen LogP contribution < -0.4 is 10.1 Å². The molecule has 2 atom stereocenters. The molecule has 0 radical (unpaired) electrons. The molecule has 0 aliphatic rings. The summed E-state index contributed by atoms with van der Waals surface area (Å²) in [6, 6.07) is 16.8. The van der Waals surface area contributed by atoms with Crippen LogP contribution in [0.5, 0.6) is 5.75 Å². The van der Waals surface area contributed by atoms with Crippen LogP contribution in [0, 0.1) is 6.92 Å². The first-order valence-corrected chi connectivity index (χ1v) is 10.3. The van der Waals surface area contributed by atoms with Crippen LogP contribution >= 0.6 is 0 Å². The fraction of sp³-hybridized carbons (Fsp3) is 0.417. The first kappa shape index (κ1) is 22.5.